The van der Waals surface area contributed by atoms with E-state index in [2.05, 4.69) is 28.6 Å². The number of phenolic OH excluding ortho intramolecular Hbond substituents is 1. The van der Waals surface area contributed by atoms with Gasteiger partial charge in [0.05, 0.1) is 12.5 Å². The topological polar surface area (TPSA) is 214 Å². The Kier molecular flexibility index (Phi) is 10.4. The summed E-state index contributed by atoms with van der Waals surface area (Å²) in [5, 5.41) is 25.7. The van der Waals surface area contributed by atoms with Crippen LogP contribution in [-0.4, -0.2) is 69.7 Å². The van der Waals surface area contributed by atoms with Gasteiger partial charge in [0.1, 0.15) is 23.9 Å². The number of nitrogens with one attached hydrogen (secondary N) is 3. The predicted molar refractivity (Wildman–Crippen MR) is 117 cm³/mol. The van der Waals surface area contributed by atoms with Crippen LogP contribution < -0.4 is 27.4 Å². The van der Waals surface area contributed by atoms with Crippen LogP contribution >= 0.6 is 12.6 Å². The Morgan fingerprint density at radius 1 is 0.938 bits per heavy atom. The fourth-order valence-corrected chi connectivity index (χ4v) is 2.78. The standard InChI is InChI=1S/C19H27N5O7S/c1-9(20)16(27)24-14(8-32)18(29)22-12(7-15(21)26)17(28)23-13(19(30)31)6-10-2-4-11(25)5-3-10/h2-5,9,12-14,25,32H,6-8,20H2,1H3,(H2,21,26)(H,22,29)(H,23,28)(H,24,27)(H,30,31). The van der Waals surface area contributed by atoms with Crippen molar-refractivity contribution in [3.63, 3.8) is 0 Å². The van der Waals surface area contributed by atoms with E-state index in [-0.39, 0.29) is 17.9 Å². The van der Waals surface area contributed by atoms with E-state index in [1.165, 1.54) is 31.2 Å². The van der Waals surface area contributed by atoms with E-state index in [1.807, 2.05) is 0 Å². The van der Waals surface area contributed by atoms with Gasteiger partial charge in [-0.25, -0.2) is 4.79 Å². The van der Waals surface area contributed by atoms with Crippen molar-refractivity contribution in [1.82, 2.24) is 16.0 Å². The van der Waals surface area contributed by atoms with Gasteiger partial charge in [-0.05, 0) is 24.6 Å². The van der Waals surface area contributed by atoms with Crippen LogP contribution in [0.25, 0.3) is 0 Å². The van der Waals surface area contributed by atoms with Crippen molar-refractivity contribution in [2.75, 3.05) is 5.75 Å². The van der Waals surface area contributed by atoms with Gasteiger partial charge >= 0.3 is 5.97 Å². The molecule has 32 heavy (non-hydrogen) atoms. The highest BCUT2D eigenvalue weighted by molar-refractivity contribution is 7.80. The third kappa shape index (κ3) is 8.81. The third-order valence-corrected chi connectivity index (χ3v) is 4.62. The first kappa shape index (κ1) is 26.7. The SMILES string of the molecule is CC(N)C(=O)NC(CS)C(=O)NC(CC(N)=O)C(=O)NC(Cc1ccc(O)cc1)C(=O)O. The van der Waals surface area contributed by atoms with Crippen molar-refractivity contribution in [2.45, 2.75) is 43.9 Å². The van der Waals surface area contributed by atoms with Crippen LogP contribution in [0.4, 0.5) is 0 Å². The Morgan fingerprint density at radius 2 is 1.44 bits per heavy atom. The lowest BCUT2D eigenvalue weighted by atomic mass is 10.0. The maximum Gasteiger partial charge on any atom is 0.326 e. The summed E-state index contributed by atoms with van der Waals surface area (Å²) in [6, 6.07) is 0.754. The number of carbonyl (C=O) groups excluding carboxylic acids is 4. The molecule has 0 aromatic heterocycles. The molecule has 1 aromatic carbocycles. The smallest absolute Gasteiger partial charge is 0.326 e. The monoisotopic (exact) mass is 469 g/mol. The average Bonchev–Trinajstić information content (AvgIpc) is 2.71. The minimum Gasteiger partial charge on any atom is -0.508 e. The van der Waals surface area contributed by atoms with E-state index >= 15 is 0 Å². The number of nitrogens with two attached hydrogens (primary N) is 2. The molecule has 176 valence electrons. The van der Waals surface area contributed by atoms with Crippen LogP contribution in [0.2, 0.25) is 0 Å². The number of phenols is 1. The van der Waals surface area contributed by atoms with Gasteiger partial charge < -0.3 is 37.6 Å². The lowest BCUT2D eigenvalue weighted by Crippen LogP contribution is -2.58. The van der Waals surface area contributed by atoms with Gasteiger partial charge in [-0.2, -0.15) is 12.6 Å². The number of hydrogen-bond donors (Lipinski definition) is 8. The molecule has 4 amide bonds. The molecule has 9 N–H and O–H groups in total. The summed E-state index contributed by atoms with van der Waals surface area (Å²) in [7, 11) is 0. The summed E-state index contributed by atoms with van der Waals surface area (Å²) in [5.74, 6) is -4.83. The Bertz CT molecular complexity index is 847. The molecule has 12 nitrogen and oxygen atoms in total. The van der Waals surface area contributed by atoms with Gasteiger partial charge in [-0.1, -0.05) is 12.1 Å². The number of carbonyl (C=O) groups is 5. The number of aromatic hydroxyl groups is 1. The first-order chi connectivity index (χ1) is 14.9. The van der Waals surface area contributed by atoms with Crippen LogP contribution in [0.5, 0.6) is 5.75 Å². The van der Waals surface area contributed by atoms with Crippen molar-refractivity contribution >= 4 is 42.2 Å². The number of benzene rings is 1. The molecule has 0 aliphatic heterocycles. The third-order valence-electron chi connectivity index (χ3n) is 4.26. The second kappa shape index (κ2) is 12.5. The second-order valence-corrected chi connectivity index (χ2v) is 7.40. The molecule has 4 unspecified atom stereocenters. The van der Waals surface area contributed by atoms with Crippen LogP contribution in [0.3, 0.4) is 0 Å². The molecule has 0 radical (unpaired) electrons. The maximum atomic E-state index is 12.7. The highest BCUT2D eigenvalue weighted by Crippen LogP contribution is 2.11. The van der Waals surface area contributed by atoms with Crippen molar-refractivity contribution in [1.29, 1.82) is 0 Å². The zero-order chi connectivity index (χ0) is 24.4. The molecule has 0 aliphatic rings. The van der Waals surface area contributed by atoms with E-state index in [4.69, 9.17) is 11.5 Å². The quantitative estimate of drug-likeness (QED) is 0.154. The van der Waals surface area contributed by atoms with Crippen LogP contribution in [0.15, 0.2) is 24.3 Å². The summed E-state index contributed by atoms with van der Waals surface area (Å²) < 4.78 is 0. The number of primary amides is 1. The summed E-state index contributed by atoms with van der Waals surface area (Å²) in [6.45, 7) is 1.41. The first-order valence-corrected chi connectivity index (χ1v) is 10.1. The molecule has 1 rings (SSSR count). The molecular weight excluding hydrogens is 442 g/mol. The second-order valence-electron chi connectivity index (χ2n) is 7.03. The van der Waals surface area contributed by atoms with Gasteiger partial charge in [0.2, 0.25) is 23.6 Å². The number of thiol groups is 1. The Morgan fingerprint density at radius 3 is 1.91 bits per heavy atom. The van der Waals surface area contributed by atoms with Crippen molar-refractivity contribution < 1.29 is 34.2 Å². The molecule has 0 aliphatic carbocycles. The minimum atomic E-state index is -1.49. The number of carboxylic acids is 1. The lowest BCUT2D eigenvalue weighted by molar-refractivity contribution is -0.142. The first-order valence-electron chi connectivity index (χ1n) is 9.51. The van der Waals surface area contributed by atoms with Crippen molar-refractivity contribution in [3.05, 3.63) is 29.8 Å². The number of rotatable bonds is 12. The zero-order valence-corrected chi connectivity index (χ0v) is 18.2. The van der Waals surface area contributed by atoms with E-state index in [0.717, 1.165) is 0 Å². The molecule has 13 heteroatoms. The van der Waals surface area contributed by atoms with Gasteiger partial charge in [-0.15, -0.1) is 0 Å². The molecule has 0 saturated carbocycles. The minimum absolute atomic E-state index is 0.0104. The Labute approximate surface area is 189 Å². The van der Waals surface area contributed by atoms with Gasteiger partial charge in [0.15, 0.2) is 0 Å². The average molecular weight is 470 g/mol. The van der Waals surface area contributed by atoms with E-state index in [9.17, 15) is 34.2 Å². The predicted octanol–water partition coefficient (Wildman–Crippen LogP) is -2.37. The van der Waals surface area contributed by atoms with E-state index in [0.29, 0.717) is 5.56 Å². The highest BCUT2D eigenvalue weighted by atomic mass is 32.1. The molecule has 0 fully saturated rings. The molecule has 4 atom stereocenters. The maximum absolute atomic E-state index is 12.7. The van der Waals surface area contributed by atoms with Crippen molar-refractivity contribution in [3.8, 4) is 5.75 Å². The largest absolute Gasteiger partial charge is 0.508 e. The number of aliphatic carboxylic acids is 1. The van der Waals surface area contributed by atoms with Crippen molar-refractivity contribution in [2.24, 2.45) is 11.5 Å². The van der Waals surface area contributed by atoms with E-state index < -0.39 is 60.2 Å². The molecule has 0 heterocycles. The van der Waals surface area contributed by atoms with Crippen LogP contribution in [0.1, 0.15) is 18.9 Å². The normalized spacial score (nSPS) is 14.3. The van der Waals surface area contributed by atoms with Crippen LogP contribution in [-0.2, 0) is 30.4 Å². The Balaban J connectivity index is 2.93. The summed E-state index contributed by atoms with van der Waals surface area (Å²) in [4.78, 5) is 59.9. The summed E-state index contributed by atoms with van der Waals surface area (Å²) in [5.41, 5.74) is 11.1. The van der Waals surface area contributed by atoms with Gasteiger partial charge in [0.25, 0.3) is 0 Å². The van der Waals surface area contributed by atoms with Gasteiger partial charge in [0, 0.05) is 12.2 Å². The molecule has 0 bridgehead atoms. The van der Waals surface area contributed by atoms with Gasteiger partial charge in [-0.3, -0.25) is 19.2 Å². The summed E-state index contributed by atoms with van der Waals surface area (Å²) >= 11 is 3.98. The number of carboxylic acid groups (broad SMARTS) is 1. The molecular formula is C19H27N5O7S. The highest BCUT2D eigenvalue weighted by Gasteiger charge is 2.30. The molecule has 1 aromatic rings. The fourth-order valence-electron chi connectivity index (χ4n) is 2.52. The Hall–Kier alpha value is -3.32. The molecule has 0 saturated heterocycles. The van der Waals surface area contributed by atoms with Crippen LogP contribution in [0, 0.1) is 0 Å². The van der Waals surface area contributed by atoms with E-state index in [1.54, 1.807) is 0 Å². The summed E-state index contributed by atoms with van der Waals surface area (Å²) in [6.07, 6.45) is -0.730. The zero-order valence-electron chi connectivity index (χ0n) is 17.3. The number of amides is 4. The number of hydrogen-bond acceptors (Lipinski definition) is 8. The lowest BCUT2D eigenvalue weighted by Gasteiger charge is -2.23. The fraction of sp³-hybridized carbons (Fsp3) is 0.421. The molecule has 0 spiro atoms.